The quantitative estimate of drug-likeness (QED) is 0.557. The van der Waals surface area contributed by atoms with E-state index in [0.29, 0.717) is 25.5 Å². The van der Waals surface area contributed by atoms with Gasteiger partial charge >= 0.3 is 5.97 Å². The van der Waals surface area contributed by atoms with Crippen molar-refractivity contribution in [1.29, 1.82) is 0 Å². The number of anilines is 1. The Morgan fingerprint density at radius 3 is 2.89 bits per heavy atom. The van der Waals surface area contributed by atoms with Gasteiger partial charge in [-0.05, 0) is 26.2 Å². The van der Waals surface area contributed by atoms with E-state index in [-0.39, 0.29) is 0 Å². The number of hydrogen-bond acceptors (Lipinski definition) is 6. The molecule has 6 nitrogen and oxygen atoms in total. The fourth-order valence-electron chi connectivity index (χ4n) is 1.37. The van der Waals surface area contributed by atoms with Crippen LogP contribution in [0.5, 0.6) is 0 Å². The van der Waals surface area contributed by atoms with Gasteiger partial charge in [-0.1, -0.05) is 0 Å². The first-order valence-electron chi connectivity index (χ1n) is 6.14. The molecule has 106 valence electrons. The predicted octanol–water partition coefficient (Wildman–Crippen LogP) is 0.858. The van der Waals surface area contributed by atoms with Crippen molar-refractivity contribution in [3.05, 3.63) is 24.0 Å². The van der Waals surface area contributed by atoms with E-state index in [1.165, 1.54) is 7.11 Å². The third-order valence-electron chi connectivity index (χ3n) is 2.41. The average Bonchev–Trinajstić information content (AvgIpc) is 2.41. The molecule has 0 radical (unpaired) electrons. The molecule has 1 heterocycles. The van der Waals surface area contributed by atoms with Gasteiger partial charge in [-0.25, -0.2) is 9.78 Å². The summed E-state index contributed by atoms with van der Waals surface area (Å²) in [6.45, 7) is 2.90. The average molecular weight is 267 g/mol. The molecular weight excluding hydrogens is 246 g/mol. The molecule has 1 rings (SSSR count). The van der Waals surface area contributed by atoms with Crippen LogP contribution in [0.25, 0.3) is 0 Å². The van der Waals surface area contributed by atoms with Gasteiger partial charge in [0.25, 0.3) is 0 Å². The molecule has 0 aliphatic rings. The van der Waals surface area contributed by atoms with Gasteiger partial charge in [0.05, 0.1) is 20.3 Å². The maximum absolute atomic E-state index is 11.3. The van der Waals surface area contributed by atoms with Crippen LogP contribution in [0.15, 0.2) is 18.3 Å². The van der Waals surface area contributed by atoms with Crippen LogP contribution in [0.1, 0.15) is 10.5 Å². The maximum atomic E-state index is 11.3. The summed E-state index contributed by atoms with van der Waals surface area (Å²) in [6, 6.07) is 3.46. The highest BCUT2D eigenvalue weighted by Gasteiger charge is 2.06. The van der Waals surface area contributed by atoms with Crippen LogP contribution in [0.2, 0.25) is 0 Å². The van der Waals surface area contributed by atoms with Gasteiger partial charge in [0, 0.05) is 25.0 Å². The van der Waals surface area contributed by atoms with Crippen molar-refractivity contribution in [3.8, 4) is 0 Å². The standard InChI is InChI=1S/C13H21N3O3/c1-16(2)7-9-19-8-6-14-11-4-5-15-12(10-11)13(17)18-3/h4-5,10H,6-9H2,1-3H3,(H,14,15). The summed E-state index contributed by atoms with van der Waals surface area (Å²) in [5, 5.41) is 3.17. The van der Waals surface area contributed by atoms with Crippen LogP contribution in [0.3, 0.4) is 0 Å². The molecule has 1 N–H and O–H groups in total. The largest absolute Gasteiger partial charge is 0.464 e. The molecule has 19 heavy (non-hydrogen) atoms. The third-order valence-corrected chi connectivity index (χ3v) is 2.41. The van der Waals surface area contributed by atoms with Gasteiger partial charge < -0.3 is 19.7 Å². The zero-order chi connectivity index (χ0) is 14.1. The van der Waals surface area contributed by atoms with Crippen molar-refractivity contribution in [3.63, 3.8) is 0 Å². The number of aromatic nitrogens is 1. The Balaban J connectivity index is 2.27. The summed E-state index contributed by atoms with van der Waals surface area (Å²) in [5.74, 6) is -0.439. The molecule has 0 saturated carbocycles. The lowest BCUT2D eigenvalue weighted by atomic mass is 10.3. The summed E-state index contributed by atoms with van der Waals surface area (Å²) in [5.41, 5.74) is 1.12. The van der Waals surface area contributed by atoms with Gasteiger partial charge in [-0.2, -0.15) is 0 Å². The minimum absolute atomic E-state index is 0.293. The van der Waals surface area contributed by atoms with Crippen molar-refractivity contribution in [2.24, 2.45) is 0 Å². The van der Waals surface area contributed by atoms with Gasteiger partial charge in [0.1, 0.15) is 5.69 Å². The van der Waals surface area contributed by atoms with Gasteiger partial charge in [-0.3, -0.25) is 0 Å². The molecule has 1 aromatic heterocycles. The Hall–Kier alpha value is -1.66. The Morgan fingerprint density at radius 2 is 2.21 bits per heavy atom. The lowest BCUT2D eigenvalue weighted by Gasteiger charge is -2.11. The fourth-order valence-corrected chi connectivity index (χ4v) is 1.37. The zero-order valence-corrected chi connectivity index (χ0v) is 11.7. The van der Waals surface area contributed by atoms with Gasteiger partial charge in [0.15, 0.2) is 0 Å². The second-order valence-electron chi connectivity index (χ2n) is 4.26. The zero-order valence-electron chi connectivity index (χ0n) is 11.7. The van der Waals surface area contributed by atoms with E-state index in [1.807, 2.05) is 14.1 Å². The summed E-state index contributed by atoms with van der Waals surface area (Å²) in [4.78, 5) is 17.3. The van der Waals surface area contributed by atoms with Crippen molar-refractivity contribution in [2.75, 3.05) is 52.8 Å². The van der Waals surface area contributed by atoms with Crippen LogP contribution in [-0.4, -0.2) is 63.4 Å². The minimum atomic E-state index is -0.439. The van der Waals surface area contributed by atoms with E-state index in [0.717, 1.165) is 12.2 Å². The molecule has 1 aromatic rings. The van der Waals surface area contributed by atoms with E-state index >= 15 is 0 Å². The molecule has 0 aliphatic heterocycles. The Labute approximate surface area is 113 Å². The molecule has 0 fully saturated rings. The van der Waals surface area contributed by atoms with E-state index in [1.54, 1.807) is 18.3 Å². The van der Waals surface area contributed by atoms with E-state index < -0.39 is 5.97 Å². The Morgan fingerprint density at radius 1 is 1.42 bits per heavy atom. The number of carbonyl (C=O) groups is 1. The van der Waals surface area contributed by atoms with Crippen molar-refractivity contribution in [2.45, 2.75) is 0 Å². The van der Waals surface area contributed by atoms with Crippen LogP contribution in [0, 0.1) is 0 Å². The predicted molar refractivity (Wildman–Crippen MR) is 73.4 cm³/mol. The molecule has 0 unspecified atom stereocenters. The van der Waals surface area contributed by atoms with Crippen LogP contribution in [-0.2, 0) is 9.47 Å². The molecule has 0 aromatic carbocycles. The van der Waals surface area contributed by atoms with E-state index in [9.17, 15) is 4.79 Å². The first-order valence-corrected chi connectivity index (χ1v) is 6.14. The molecule has 0 spiro atoms. The number of pyridine rings is 1. The lowest BCUT2D eigenvalue weighted by molar-refractivity contribution is 0.0594. The molecule has 0 saturated heterocycles. The number of likely N-dealkylation sites (N-methyl/N-ethyl adjacent to an activating group) is 1. The molecule has 0 amide bonds. The number of esters is 1. The number of methoxy groups -OCH3 is 1. The molecular formula is C13H21N3O3. The molecule has 6 heteroatoms. The Bertz CT molecular complexity index is 396. The SMILES string of the molecule is COC(=O)c1cc(NCCOCCN(C)C)ccn1. The second-order valence-corrected chi connectivity index (χ2v) is 4.26. The number of nitrogens with zero attached hydrogens (tertiary/aromatic N) is 2. The topological polar surface area (TPSA) is 63.7 Å². The first kappa shape index (κ1) is 15.4. The van der Waals surface area contributed by atoms with Crippen molar-refractivity contribution >= 4 is 11.7 Å². The van der Waals surface area contributed by atoms with Crippen molar-refractivity contribution in [1.82, 2.24) is 9.88 Å². The normalized spacial score (nSPS) is 10.5. The highest BCUT2D eigenvalue weighted by atomic mass is 16.5. The highest BCUT2D eigenvalue weighted by Crippen LogP contribution is 2.08. The first-order chi connectivity index (χ1) is 9.13. The summed E-state index contributed by atoms with van der Waals surface area (Å²) >= 11 is 0. The third kappa shape index (κ3) is 6.17. The number of rotatable bonds is 8. The van der Waals surface area contributed by atoms with E-state index in [4.69, 9.17) is 4.74 Å². The van der Waals surface area contributed by atoms with E-state index in [2.05, 4.69) is 19.9 Å². The molecule has 0 atom stereocenters. The smallest absolute Gasteiger partial charge is 0.356 e. The minimum Gasteiger partial charge on any atom is -0.464 e. The van der Waals surface area contributed by atoms with Crippen LogP contribution in [0.4, 0.5) is 5.69 Å². The van der Waals surface area contributed by atoms with Gasteiger partial charge in [0.2, 0.25) is 0 Å². The number of nitrogens with one attached hydrogen (secondary N) is 1. The van der Waals surface area contributed by atoms with Crippen LogP contribution < -0.4 is 5.32 Å². The monoisotopic (exact) mass is 267 g/mol. The number of ether oxygens (including phenoxy) is 2. The van der Waals surface area contributed by atoms with Crippen LogP contribution >= 0.6 is 0 Å². The lowest BCUT2D eigenvalue weighted by Crippen LogP contribution is -2.20. The Kier molecular flexibility index (Phi) is 6.84. The van der Waals surface area contributed by atoms with Crippen molar-refractivity contribution < 1.29 is 14.3 Å². The summed E-state index contributed by atoms with van der Waals surface area (Å²) in [7, 11) is 5.35. The highest BCUT2D eigenvalue weighted by molar-refractivity contribution is 5.88. The molecule has 0 aliphatic carbocycles. The number of hydrogen-bond donors (Lipinski definition) is 1. The molecule has 0 bridgehead atoms. The summed E-state index contributed by atoms with van der Waals surface area (Å²) in [6.07, 6.45) is 1.57. The second kappa shape index (κ2) is 8.44. The summed E-state index contributed by atoms with van der Waals surface area (Å²) < 4.78 is 10.1. The fraction of sp³-hybridized carbons (Fsp3) is 0.538. The van der Waals surface area contributed by atoms with Gasteiger partial charge in [-0.15, -0.1) is 0 Å². The maximum Gasteiger partial charge on any atom is 0.356 e. The number of carbonyl (C=O) groups excluding carboxylic acids is 1.